The van der Waals surface area contributed by atoms with Gasteiger partial charge >= 0.3 is 5.97 Å². The molecule has 2 atom stereocenters. The topological polar surface area (TPSA) is 92.4 Å². The maximum Gasteiger partial charge on any atom is 0.329 e. The maximum absolute atomic E-state index is 12.5. The van der Waals surface area contributed by atoms with E-state index in [1.165, 1.54) is 0 Å². The number of carboxylic acids is 1. The molecule has 0 saturated heterocycles. The smallest absolute Gasteiger partial charge is 0.329 e. The standard InChI is InChI=1S/C14H24N2O3/c1-13(7-5-6-10(13)15)11(17)16-14(12(18)19)8-3-2-4-9-14/h10H,2-9,15H2,1H3,(H,16,17)(H,18,19). The quantitative estimate of drug-likeness (QED) is 0.721. The van der Waals surface area contributed by atoms with E-state index in [1.807, 2.05) is 6.92 Å². The number of carboxylic acid groups (broad SMARTS) is 1. The van der Waals surface area contributed by atoms with Crippen molar-refractivity contribution in [3.8, 4) is 0 Å². The van der Waals surface area contributed by atoms with Crippen LogP contribution < -0.4 is 11.1 Å². The predicted octanol–water partition coefficient (Wildman–Crippen LogP) is 1.41. The molecule has 4 N–H and O–H groups in total. The Balaban J connectivity index is 2.13. The van der Waals surface area contributed by atoms with Crippen LogP contribution in [0.25, 0.3) is 0 Å². The minimum Gasteiger partial charge on any atom is -0.480 e. The fraction of sp³-hybridized carbons (Fsp3) is 0.857. The van der Waals surface area contributed by atoms with Crippen molar-refractivity contribution in [2.45, 2.75) is 69.9 Å². The maximum atomic E-state index is 12.5. The van der Waals surface area contributed by atoms with Crippen molar-refractivity contribution in [3.63, 3.8) is 0 Å². The SMILES string of the molecule is CC1(C(=O)NC2(C(=O)O)CCCCC2)CCCC1N. The van der Waals surface area contributed by atoms with Crippen LogP contribution in [0.5, 0.6) is 0 Å². The molecule has 2 aliphatic carbocycles. The van der Waals surface area contributed by atoms with Crippen LogP contribution >= 0.6 is 0 Å². The second-order valence-corrected chi connectivity index (χ2v) is 6.32. The Bertz CT molecular complexity index is 377. The van der Waals surface area contributed by atoms with Gasteiger partial charge in [0.05, 0.1) is 5.41 Å². The van der Waals surface area contributed by atoms with E-state index < -0.39 is 16.9 Å². The molecule has 0 bridgehead atoms. The Hall–Kier alpha value is -1.10. The van der Waals surface area contributed by atoms with E-state index in [2.05, 4.69) is 5.32 Å². The van der Waals surface area contributed by atoms with Crippen LogP contribution in [0.2, 0.25) is 0 Å². The number of nitrogens with one attached hydrogen (secondary N) is 1. The van der Waals surface area contributed by atoms with E-state index in [0.717, 1.165) is 38.5 Å². The lowest BCUT2D eigenvalue weighted by molar-refractivity contribution is -0.151. The molecule has 19 heavy (non-hydrogen) atoms. The van der Waals surface area contributed by atoms with Gasteiger partial charge in [-0.15, -0.1) is 0 Å². The van der Waals surface area contributed by atoms with Crippen LogP contribution in [0.4, 0.5) is 0 Å². The van der Waals surface area contributed by atoms with Crippen LogP contribution in [0.3, 0.4) is 0 Å². The summed E-state index contributed by atoms with van der Waals surface area (Å²) < 4.78 is 0. The van der Waals surface area contributed by atoms with Crippen molar-refractivity contribution in [1.82, 2.24) is 5.32 Å². The molecule has 5 heteroatoms. The Morgan fingerprint density at radius 1 is 1.16 bits per heavy atom. The molecule has 2 rings (SSSR count). The molecule has 2 aliphatic rings. The second kappa shape index (κ2) is 5.12. The Kier molecular flexibility index (Phi) is 3.85. The van der Waals surface area contributed by atoms with Gasteiger partial charge in [0, 0.05) is 6.04 Å². The highest BCUT2D eigenvalue weighted by atomic mass is 16.4. The zero-order valence-corrected chi connectivity index (χ0v) is 11.6. The molecule has 5 nitrogen and oxygen atoms in total. The molecule has 2 unspecified atom stereocenters. The summed E-state index contributed by atoms with van der Waals surface area (Å²) >= 11 is 0. The molecule has 1 amide bonds. The van der Waals surface area contributed by atoms with Crippen LogP contribution in [0.15, 0.2) is 0 Å². The summed E-state index contributed by atoms with van der Waals surface area (Å²) in [7, 11) is 0. The van der Waals surface area contributed by atoms with Gasteiger partial charge in [0.15, 0.2) is 0 Å². The van der Waals surface area contributed by atoms with Gasteiger partial charge in [-0.1, -0.05) is 25.7 Å². The van der Waals surface area contributed by atoms with E-state index in [-0.39, 0.29) is 11.9 Å². The van der Waals surface area contributed by atoms with E-state index in [0.29, 0.717) is 12.8 Å². The number of carbonyl (C=O) groups excluding carboxylic acids is 1. The molecule has 2 fully saturated rings. The van der Waals surface area contributed by atoms with Crippen LogP contribution in [0, 0.1) is 5.41 Å². The van der Waals surface area contributed by atoms with Gasteiger partial charge in [0.1, 0.15) is 5.54 Å². The molecule has 0 aliphatic heterocycles. The van der Waals surface area contributed by atoms with Gasteiger partial charge in [-0.25, -0.2) is 4.79 Å². The highest BCUT2D eigenvalue weighted by Crippen LogP contribution is 2.38. The van der Waals surface area contributed by atoms with Crippen molar-refractivity contribution >= 4 is 11.9 Å². The average molecular weight is 268 g/mol. The zero-order valence-electron chi connectivity index (χ0n) is 11.6. The molecular weight excluding hydrogens is 244 g/mol. The van der Waals surface area contributed by atoms with Crippen LogP contribution in [-0.4, -0.2) is 28.6 Å². The Morgan fingerprint density at radius 3 is 2.26 bits per heavy atom. The van der Waals surface area contributed by atoms with E-state index in [1.54, 1.807) is 0 Å². The number of hydrogen-bond donors (Lipinski definition) is 3. The third kappa shape index (κ3) is 2.48. The van der Waals surface area contributed by atoms with Crippen LogP contribution in [0.1, 0.15) is 58.3 Å². The summed E-state index contributed by atoms with van der Waals surface area (Å²) in [4.78, 5) is 24.1. The molecular formula is C14H24N2O3. The third-order valence-corrected chi connectivity index (χ3v) is 5.02. The highest BCUT2D eigenvalue weighted by Gasteiger charge is 2.48. The monoisotopic (exact) mass is 268 g/mol. The van der Waals surface area contributed by atoms with Crippen molar-refractivity contribution in [1.29, 1.82) is 0 Å². The van der Waals surface area contributed by atoms with Gasteiger partial charge in [0.25, 0.3) is 0 Å². The summed E-state index contributed by atoms with van der Waals surface area (Å²) in [6.45, 7) is 1.86. The number of amides is 1. The highest BCUT2D eigenvalue weighted by molar-refractivity contribution is 5.90. The van der Waals surface area contributed by atoms with Crippen molar-refractivity contribution in [2.24, 2.45) is 11.1 Å². The van der Waals surface area contributed by atoms with Gasteiger partial charge in [-0.3, -0.25) is 4.79 Å². The summed E-state index contributed by atoms with van der Waals surface area (Å²) in [5.41, 5.74) is 4.35. The molecule has 0 spiro atoms. The first-order valence-electron chi connectivity index (χ1n) is 7.22. The predicted molar refractivity (Wildman–Crippen MR) is 71.5 cm³/mol. The number of carbonyl (C=O) groups is 2. The fourth-order valence-corrected chi connectivity index (χ4v) is 3.38. The number of nitrogens with two attached hydrogens (primary N) is 1. The minimum atomic E-state index is -1.07. The van der Waals surface area contributed by atoms with Gasteiger partial charge in [0.2, 0.25) is 5.91 Å². The van der Waals surface area contributed by atoms with Crippen LogP contribution in [-0.2, 0) is 9.59 Å². The fourth-order valence-electron chi connectivity index (χ4n) is 3.38. The average Bonchev–Trinajstić information content (AvgIpc) is 2.72. The summed E-state index contributed by atoms with van der Waals surface area (Å²) in [5.74, 6) is -1.09. The van der Waals surface area contributed by atoms with Crippen molar-refractivity contribution in [3.05, 3.63) is 0 Å². The first-order chi connectivity index (χ1) is 8.91. The van der Waals surface area contributed by atoms with E-state index >= 15 is 0 Å². The Labute approximate surface area is 113 Å². The molecule has 0 heterocycles. The lowest BCUT2D eigenvalue weighted by Crippen LogP contribution is -2.60. The lowest BCUT2D eigenvalue weighted by Gasteiger charge is -2.38. The molecule has 108 valence electrons. The number of aliphatic carboxylic acids is 1. The zero-order chi connectivity index (χ0) is 14.1. The first kappa shape index (κ1) is 14.3. The summed E-state index contributed by atoms with van der Waals surface area (Å²) in [6, 6.07) is -0.165. The molecule has 2 saturated carbocycles. The van der Waals surface area contributed by atoms with Gasteiger partial charge in [-0.05, 0) is 32.6 Å². The third-order valence-electron chi connectivity index (χ3n) is 5.02. The minimum absolute atomic E-state index is 0.165. The number of rotatable bonds is 3. The number of hydrogen-bond acceptors (Lipinski definition) is 3. The van der Waals surface area contributed by atoms with E-state index in [9.17, 15) is 14.7 Å². The largest absolute Gasteiger partial charge is 0.480 e. The first-order valence-corrected chi connectivity index (χ1v) is 7.22. The Morgan fingerprint density at radius 2 is 1.79 bits per heavy atom. The second-order valence-electron chi connectivity index (χ2n) is 6.32. The summed E-state index contributed by atoms with van der Waals surface area (Å²) in [5, 5.41) is 12.3. The molecule has 0 aromatic heterocycles. The van der Waals surface area contributed by atoms with Gasteiger partial charge in [-0.2, -0.15) is 0 Å². The normalized spacial score (nSPS) is 33.9. The summed E-state index contributed by atoms with van der Waals surface area (Å²) in [6.07, 6.45) is 6.33. The van der Waals surface area contributed by atoms with Gasteiger partial charge < -0.3 is 16.2 Å². The van der Waals surface area contributed by atoms with E-state index in [4.69, 9.17) is 5.73 Å². The van der Waals surface area contributed by atoms with Crippen molar-refractivity contribution in [2.75, 3.05) is 0 Å². The molecule has 0 radical (unpaired) electrons. The molecule has 0 aromatic rings. The molecule has 0 aromatic carbocycles. The lowest BCUT2D eigenvalue weighted by atomic mass is 9.78. The van der Waals surface area contributed by atoms with Crippen molar-refractivity contribution < 1.29 is 14.7 Å².